The van der Waals surface area contributed by atoms with E-state index in [2.05, 4.69) is 19.9 Å². The zero-order valence-electron chi connectivity index (χ0n) is 12.3. The van der Waals surface area contributed by atoms with Crippen molar-refractivity contribution in [2.45, 2.75) is 26.7 Å². The van der Waals surface area contributed by atoms with Crippen LogP contribution in [-0.2, 0) is 11.2 Å². The van der Waals surface area contributed by atoms with Crippen molar-refractivity contribution in [3.63, 3.8) is 0 Å². The molecule has 0 bridgehead atoms. The number of rotatable bonds is 5. The van der Waals surface area contributed by atoms with E-state index >= 15 is 0 Å². The van der Waals surface area contributed by atoms with Gasteiger partial charge in [-0.3, -0.25) is 9.59 Å². The van der Waals surface area contributed by atoms with Gasteiger partial charge in [-0.05, 0) is 13.3 Å². The molecular weight excluding hydrogens is 288 g/mol. The third-order valence-electron chi connectivity index (χ3n) is 2.95. The Labute approximate surface area is 125 Å². The Morgan fingerprint density at radius 3 is 2.64 bits per heavy atom. The summed E-state index contributed by atoms with van der Waals surface area (Å²) < 4.78 is 4.76. The van der Waals surface area contributed by atoms with Crippen LogP contribution >= 0.6 is 0 Å². The molecule has 0 saturated carbocycles. The van der Waals surface area contributed by atoms with Crippen LogP contribution in [0.4, 0.5) is 0 Å². The van der Waals surface area contributed by atoms with E-state index in [1.165, 1.54) is 6.33 Å². The summed E-state index contributed by atoms with van der Waals surface area (Å²) in [7, 11) is 0. The lowest BCUT2D eigenvalue weighted by Crippen LogP contribution is -2.23. The largest absolute Gasteiger partial charge is 0.462 e. The zero-order valence-corrected chi connectivity index (χ0v) is 12.3. The Morgan fingerprint density at radius 1 is 1.23 bits per heavy atom. The third kappa shape index (κ3) is 3.11. The molecule has 0 aliphatic rings. The number of hydrogen-bond donors (Lipinski definition) is 2. The highest BCUT2D eigenvalue weighted by Gasteiger charge is 2.17. The molecule has 116 valence electrons. The van der Waals surface area contributed by atoms with Gasteiger partial charge >= 0.3 is 5.97 Å². The summed E-state index contributed by atoms with van der Waals surface area (Å²) in [4.78, 5) is 48.6. The molecule has 0 atom stereocenters. The molecule has 0 aliphatic carbocycles. The van der Waals surface area contributed by atoms with E-state index in [1.807, 2.05) is 6.92 Å². The van der Waals surface area contributed by atoms with E-state index < -0.39 is 17.1 Å². The Morgan fingerprint density at radius 2 is 2.00 bits per heavy atom. The highest BCUT2D eigenvalue weighted by molar-refractivity contribution is 5.88. The van der Waals surface area contributed by atoms with Gasteiger partial charge in [-0.1, -0.05) is 13.3 Å². The lowest BCUT2D eigenvalue weighted by molar-refractivity contribution is 0.0524. The summed E-state index contributed by atoms with van der Waals surface area (Å²) in [5.74, 6) is -0.674. The molecule has 0 spiro atoms. The molecule has 2 heterocycles. The molecular formula is C14H16N4O4. The van der Waals surface area contributed by atoms with E-state index in [1.54, 1.807) is 6.92 Å². The van der Waals surface area contributed by atoms with Crippen molar-refractivity contribution < 1.29 is 9.53 Å². The Hall–Kier alpha value is -2.77. The summed E-state index contributed by atoms with van der Waals surface area (Å²) in [6, 6.07) is 0. The molecule has 0 saturated heterocycles. The molecule has 2 N–H and O–H groups in total. The number of carbonyl (C=O) groups excluding carboxylic acids is 1. The number of aryl methyl sites for hydroxylation is 1. The fraction of sp³-hybridized carbons (Fsp3) is 0.357. The van der Waals surface area contributed by atoms with Crippen LogP contribution < -0.4 is 11.1 Å². The molecule has 2 aromatic heterocycles. The molecule has 2 aromatic rings. The van der Waals surface area contributed by atoms with Crippen molar-refractivity contribution in [3.8, 4) is 11.4 Å². The van der Waals surface area contributed by atoms with Gasteiger partial charge in [-0.2, -0.15) is 0 Å². The Bertz CT molecular complexity index is 794. The number of H-pyrrole nitrogens is 2. The number of nitrogens with zero attached hydrogens (tertiary/aromatic N) is 2. The van der Waals surface area contributed by atoms with Crippen LogP contribution in [0.5, 0.6) is 0 Å². The standard InChI is InChI=1S/C14H16N4O4/c1-3-5-9-10(13(20)17-7-16-9)11-15-6-8(12(19)18-11)14(21)22-4-2/h6-7H,3-5H2,1-2H3,(H,15,18,19)(H,16,17,20). The van der Waals surface area contributed by atoms with Gasteiger partial charge in [0.25, 0.3) is 11.1 Å². The minimum Gasteiger partial charge on any atom is -0.462 e. The molecule has 22 heavy (non-hydrogen) atoms. The molecule has 0 fully saturated rings. The van der Waals surface area contributed by atoms with Gasteiger partial charge in [-0.25, -0.2) is 14.8 Å². The predicted octanol–water partition coefficient (Wildman–Crippen LogP) is 0.649. The number of nitrogens with one attached hydrogen (secondary N) is 2. The average Bonchev–Trinajstić information content (AvgIpc) is 2.48. The first-order valence-electron chi connectivity index (χ1n) is 6.91. The number of aromatic nitrogens is 4. The fourth-order valence-corrected chi connectivity index (χ4v) is 1.98. The monoisotopic (exact) mass is 304 g/mol. The molecule has 0 aliphatic heterocycles. The Kier molecular flexibility index (Phi) is 4.82. The summed E-state index contributed by atoms with van der Waals surface area (Å²) in [5, 5.41) is 0. The van der Waals surface area contributed by atoms with Gasteiger partial charge in [0.15, 0.2) is 0 Å². The van der Waals surface area contributed by atoms with E-state index in [0.29, 0.717) is 12.1 Å². The van der Waals surface area contributed by atoms with Crippen LogP contribution in [0, 0.1) is 0 Å². The molecule has 0 aromatic carbocycles. The zero-order chi connectivity index (χ0) is 16.1. The predicted molar refractivity (Wildman–Crippen MR) is 78.7 cm³/mol. The molecule has 8 nitrogen and oxygen atoms in total. The quantitative estimate of drug-likeness (QED) is 0.783. The first-order valence-corrected chi connectivity index (χ1v) is 6.91. The average molecular weight is 304 g/mol. The number of carbonyl (C=O) groups is 1. The normalized spacial score (nSPS) is 10.5. The summed E-state index contributed by atoms with van der Waals surface area (Å²) >= 11 is 0. The Balaban J connectivity index is 2.52. The van der Waals surface area contributed by atoms with Crippen molar-refractivity contribution in [2.24, 2.45) is 0 Å². The molecule has 8 heteroatoms. The maximum atomic E-state index is 12.0. The van der Waals surface area contributed by atoms with E-state index in [-0.39, 0.29) is 23.6 Å². The van der Waals surface area contributed by atoms with Crippen LogP contribution in [0.15, 0.2) is 22.1 Å². The first-order chi connectivity index (χ1) is 10.6. The molecule has 0 unspecified atom stereocenters. The van der Waals surface area contributed by atoms with Gasteiger partial charge in [0.1, 0.15) is 17.0 Å². The van der Waals surface area contributed by atoms with Gasteiger partial charge in [0, 0.05) is 6.20 Å². The van der Waals surface area contributed by atoms with Gasteiger partial charge in [-0.15, -0.1) is 0 Å². The van der Waals surface area contributed by atoms with E-state index in [4.69, 9.17) is 4.74 Å². The second kappa shape index (κ2) is 6.79. The van der Waals surface area contributed by atoms with Crippen molar-refractivity contribution in [3.05, 3.63) is 44.5 Å². The van der Waals surface area contributed by atoms with Gasteiger partial charge < -0.3 is 14.7 Å². The smallest absolute Gasteiger partial charge is 0.345 e. The van der Waals surface area contributed by atoms with Crippen LogP contribution in [0.1, 0.15) is 36.3 Å². The van der Waals surface area contributed by atoms with Crippen LogP contribution in [0.25, 0.3) is 11.4 Å². The SMILES string of the molecule is CCCc1nc[nH]c(=O)c1-c1ncc(C(=O)OCC)c(=O)[nH]1. The second-order valence-electron chi connectivity index (χ2n) is 4.50. The molecule has 2 rings (SSSR count). The van der Waals surface area contributed by atoms with E-state index in [9.17, 15) is 14.4 Å². The third-order valence-corrected chi connectivity index (χ3v) is 2.95. The van der Waals surface area contributed by atoms with Crippen molar-refractivity contribution >= 4 is 5.97 Å². The topological polar surface area (TPSA) is 118 Å². The van der Waals surface area contributed by atoms with Crippen molar-refractivity contribution in [2.75, 3.05) is 6.61 Å². The number of hydrogen-bond acceptors (Lipinski definition) is 6. The molecule has 0 amide bonds. The number of esters is 1. The maximum Gasteiger partial charge on any atom is 0.345 e. The highest BCUT2D eigenvalue weighted by Crippen LogP contribution is 2.13. The number of aromatic amines is 2. The second-order valence-corrected chi connectivity index (χ2v) is 4.50. The maximum absolute atomic E-state index is 12.0. The van der Waals surface area contributed by atoms with Crippen molar-refractivity contribution in [1.29, 1.82) is 0 Å². The van der Waals surface area contributed by atoms with Gasteiger partial charge in [0.05, 0.1) is 18.6 Å². The van der Waals surface area contributed by atoms with Crippen LogP contribution in [0.3, 0.4) is 0 Å². The fourth-order valence-electron chi connectivity index (χ4n) is 1.98. The number of ether oxygens (including phenoxy) is 1. The van der Waals surface area contributed by atoms with Crippen molar-refractivity contribution in [1.82, 2.24) is 19.9 Å². The minimum atomic E-state index is -0.753. The van der Waals surface area contributed by atoms with Gasteiger partial charge in [0.2, 0.25) is 0 Å². The summed E-state index contributed by atoms with van der Waals surface area (Å²) in [6.45, 7) is 3.75. The summed E-state index contributed by atoms with van der Waals surface area (Å²) in [6.07, 6.45) is 3.77. The van der Waals surface area contributed by atoms with Crippen LogP contribution in [0.2, 0.25) is 0 Å². The summed E-state index contributed by atoms with van der Waals surface area (Å²) in [5.41, 5.74) is -0.516. The lowest BCUT2D eigenvalue weighted by atomic mass is 10.1. The van der Waals surface area contributed by atoms with E-state index in [0.717, 1.165) is 12.6 Å². The highest BCUT2D eigenvalue weighted by atomic mass is 16.5. The first kappa shape index (κ1) is 15.6. The lowest BCUT2D eigenvalue weighted by Gasteiger charge is -2.06. The molecule has 0 radical (unpaired) electrons. The minimum absolute atomic E-state index is 0.0795. The van der Waals surface area contributed by atoms with Crippen LogP contribution in [-0.4, -0.2) is 32.5 Å².